The van der Waals surface area contributed by atoms with Gasteiger partial charge in [-0.15, -0.1) is 6.61 Å². The molecule has 3 heteroatoms. The molecule has 0 N–H and O–H groups in total. The second-order valence-corrected chi connectivity index (χ2v) is 0.289. The van der Waals surface area contributed by atoms with Crippen LogP contribution in [0.2, 0.25) is 0 Å². The maximum atomic E-state index is 8.93. The van der Waals surface area contributed by atoms with Crippen molar-refractivity contribution in [3.63, 3.8) is 0 Å². The zero-order valence-corrected chi connectivity index (χ0v) is 8.12. The second kappa shape index (κ2) is 16.7. The molecule has 0 amide bonds. The maximum absolute atomic E-state index is 8.93. The Balaban J connectivity index is -0.0000000200. The van der Waals surface area contributed by atoms with Gasteiger partial charge in [0, 0.05) is 29.6 Å². The third-order valence-electron chi connectivity index (χ3n) is 0. The molecule has 0 unspecified atom stereocenters. The van der Waals surface area contributed by atoms with Gasteiger partial charge in [0.15, 0.2) is 0 Å². The molecule has 0 aliphatic carbocycles. The number of rotatable bonds is 0. The average molecular weight is 91.0 g/mol. The summed E-state index contributed by atoms with van der Waals surface area (Å²) in [4.78, 5) is 0. The SMILES string of the molecule is CC[O-].[Na+].[Na]. The van der Waals surface area contributed by atoms with Gasteiger partial charge >= 0.3 is 29.6 Å². The Hall–Kier alpha value is 1.96. The second-order valence-electron chi connectivity index (χ2n) is 0.289. The standard InChI is InChI=1S/C2H5O.2Na/c1-2-3;;/h2H2,1H3;;/q-1;;+1. The summed E-state index contributed by atoms with van der Waals surface area (Å²) >= 11 is 0. The average Bonchev–Trinajstić information content (AvgIpc) is 0.918. The van der Waals surface area contributed by atoms with Crippen LogP contribution in [-0.2, 0) is 0 Å². The van der Waals surface area contributed by atoms with Crippen LogP contribution in [0.4, 0.5) is 0 Å². The minimum Gasteiger partial charge on any atom is -0.855 e. The van der Waals surface area contributed by atoms with Crippen LogP contribution in [0.25, 0.3) is 0 Å². The van der Waals surface area contributed by atoms with Gasteiger partial charge in [-0.05, 0) is 0 Å². The van der Waals surface area contributed by atoms with E-state index in [0.29, 0.717) is 0 Å². The van der Waals surface area contributed by atoms with E-state index in [4.69, 9.17) is 5.11 Å². The molecule has 0 spiro atoms. The molecule has 0 saturated heterocycles. The van der Waals surface area contributed by atoms with Crippen molar-refractivity contribution in [2.45, 2.75) is 6.92 Å². The topological polar surface area (TPSA) is 23.1 Å². The molecule has 0 saturated carbocycles. The van der Waals surface area contributed by atoms with Crippen molar-refractivity contribution in [3.8, 4) is 0 Å². The Morgan fingerprint density at radius 1 is 1.60 bits per heavy atom. The zero-order valence-electron chi connectivity index (χ0n) is 4.12. The maximum Gasteiger partial charge on any atom is 1.00 e. The molecule has 0 fully saturated rings. The normalized spacial score (nSPS) is 3.60. The third kappa shape index (κ3) is 24.3. The predicted octanol–water partition coefficient (Wildman–Crippen LogP) is -4.01. The van der Waals surface area contributed by atoms with Gasteiger partial charge in [0.2, 0.25) is 0 Å². The summed E-state index contributed by atoms with van der Waals surface area (Å²) in [5.74, 6) is 0. The fourth-order valence-electron chi connectivity index (χ4n) is 0. The van der Waals surface area contributed by atoms with E-state index in [1.165, 1.54) is 0 Å². The summed E-state index contributed by atoms with van der Waals surface area (Å²) in [6.45, 7) is 1.57. The minimum absolute atomic E-state index is 0. The fraction of sp³-hybridized carbons (Fsp3) is 1.00. The van der Waals surface area contributed by atoms with Gasteiger partial charge in [-0.2, -0.15) is 0 Å². The molecule has 0 aromatic carbocycles. The Kier molecular flexibility index (Phi) is 52.8. The quantitative estimate of drug-likeness (QED) is 0.278. The third-order valence-corrected chi connectivity index (χ3v) is 0. The first-order valence-corrected chi connectivity index (χ1v) is 0.996. The molecular formula is C2H5Na2O. The van der Waals surface area contributed by atoms with Crippen LogP contribution in [0, 0.1) is 0 Å². The van der Waals surface area contributed by atoms with Crippen LogP contribution in [0.1, 0.15) is 6.92 Å². The first kappa shape index (κ1) is 15.8. The summed E-state index contributed by atoms with van der Waals surface area (Å²) in [6.07, 6.45) is 0. The Labute approximate surface area is 76.7 Å². The minimum atomic E-state index is 0. The van der Waals surface area contributed by atoms with Gasteiger partial charge < -0.3 is 5.11 Å². The first-order valence-electron chi connectivity index (χ1n) is 0.996. The summed E-state index contributed by atoms with van der Waals surface area (Å²) in [5, 5.41) is 8.93. The van der Waals surface area contributed by atoms with E-state index in [0.717, 1.165) is 0 Å². The molecule has 21 valence electrons. The summed E-state index contributed by atoms with van der Waals surface area (Å²) in [6, 6.07) is 0. The van der Waals surface area contributed by atoms with Crippen LogP contribution in [0.5, 0.6) is 0 Å². The molecule has 0 bridgehead atoms. The number of hydrogen-bond acceptors (Lipinski definition) is 1. The van der Waals surface area contributed by atoms with E-state index >= 15 is 0 Å². The van der Waals surface area contributed by atoms with Crippen LogP contribution in [0.3, 0.4) is 0 Å². The van der Waals surface area contributed by atoms with Crippen molar-refractivity contribution < 1.29 is 34.7 Å². The molecule has 0 aliphatic rings. The summed E-state index contributed by atoms with van der Waals surface area (Å²) in [7, 11) is 0. The van der Waals surface area contributed by atoms with E-state index in [-0.39, 0.29) is 65.7 Å². The molecule has 0 atom stereocenters. The zero-order chi connectivity index (χ0) is 2.71. The van der Waals surface area contributed by atoms with Crippen molar-refractivity contribution in [3.05, 3.63) is 0 Å². The molecule has 0 aromatic heterocycles. The van der Waals surface area contributed by atoms with Gasteiger partial charge in [-0.25, -0.2) is 0 Å². The van der Waals surface area contributed by atoms with Crippen molar-refractivity contribution in [2.75, 3.05) is 6.61 Å². The molecule has 0 aliphatic heterocycles. The van der Waals surface area contributed by atoms with Gasteiger partial charge in [-0.3, -0.25) is 0 Å². The van der Waals surface area contributed by atoms with Gasteiger partial charge in [0.05, 0.1) is 0 Å². The molecule has 5 heavy (non-hydrogen) atoms. The van der Waals surface area contributed by atoms with E-state index in [9.17, 15) is 0 Å². The van der Waals surface area contributed by atoms with Crippen molar-refractivity contribution in [1.29, 1.82) is 0 Å². The molecule has 1 radical (unpaired) electrons. The van der Waals surface area contributed by atoms with Gasteiger partial charge in [0.25, 0.3) is 0 Å². The van der Waals surface area contributed by atoms with Crippen molar-refractivity contribution in [2.24, 2.45) is 0 Å². The van der Waals surface area contributed by atoms with Crippen LogP contribution < -0.4 is 34.7 Å². The van der Waals surface area contributed by atoms with Crippen LogP contribution in [0.15, 0.2) is 0 Å². The molecule has 0 heterocycles. The first-order chi connectivity index (χ1) is 1.41. The van der Waals surface area contributed by atoms with E-state index in [2.05, 4.69) is 0 Å². The number of hydrogen-bond donors (Lipinski definition) is 0. The Morgan fingerprint density at radius 3 is 1.60 bits per heavy atom. The summed E-state index contributed by atoms with van der Waals surface area (Å²) in [5.41, 5.74) is 0. The fourth-order valence-corrected chi connectivity index (χ4v) is 0. The van der Waals surface area contributed by atoms with E-state index in [1.807, 2.05) is 0 Å². The predicted molar refractivity (Wildman–Crippen MR) is 16.3 cm³/mol. The molecule has 1 nitrogen and oxygen atoms in total. The van der Waals surface area contributed by atoms with Crippen LogP contribution >= 0.6 is 0 Å². The molecule has 0 aromatic rings. The van der Waals surface area contributed by atoms with Crippen molar-refractivity contribution >= 4 is 29.6 Å². The van der Waals surface area contributed by atoms with Gasteiger partial charge in [-0.1, -0.05) is 6.92 Å². The molecule has 0 rings (SSSR count). The van der Waals surface area contributed by atoms with Crippen molar-refractivity contribution in [1.82, 2.24) is 0 Å². The molecular weight excluding hydrogens is 86.0 g/mol. The monoisotopic (exact) mass is 91.0 g/mol. The Bertz CT molecular complexity index is 7.61. The Morgan fingerprint density at radius 2 is 1.60 bits per heavy atom. The van der Waals surface area contributed by atoms with E-state index < -0.39 is 0 Å². The smallest absolute Gasteiger partial charge is 0.855 e. The van der Waals surface area contributed by atoms with Crippen LogP contribution in [-0.4, -0.2) is 36.2 Å². The van der Waals surface area contributed by atoms with E-state index in [1.54, 1.807) is 6.92 Å². The van der Waals surface area contributed by atoms with Gasteiger partial charge in [0.1, 0.15) is 0 Å². The largest absolute Gasteiger partial charge is 1.00 e. The summed E-state index contributed by atoms with van der Waals surface area (Å²) < 4.78 is 0.